The molecule has 5 heteroatoms. The molecule has 0 saturated heterocycles. The van der Waals surface area contributed by atoms with E-state index in [1.165, 1.54) is 43.9 Å². The van der Waals surface area contributed by atoms with E-state index < -0.39 is 13.9 Å². The van der Waals surface area contributed by atoms with Gasteiger partial charge in [0.05, 0.1) is 25.8 Å². The highest BCUT2D eigenvalue weighted by Gasteiger charge is 2.78. The Balaban J connectivity index is 1.49. The zero-order valence-electron chi connectivity index (χ0n) is 24.4. The molecule has 1 fully saturated rings. The molecule has 0 spiro atoms. The summed E-state index contributed by atoms with van der Waals surface area (Å²) in [4.78, 5) is 4.91. The van der Waals surface area contributed by atoms with Crippen molar-refractivity contribution in [3.05, 3.63) is 65.4 Å². The van der Waals surface area contributed by atoms with Crippen LogP contribution in [0.1, 0.15) is 69.2 Å². The second kappa shape index (κ2) is 8.22. The lowest BCUT2D eigenvalue weighted by molar-refractivity contribution is -0.678. The van der Waals surface area contributed by atoms with E-state index in [4.69, 9.17) is 9.72 Å². The topological polar surface area (TPSA) is 46.2 Å². The van der Waals surface area contributed by atoms with Crippen LogP contribution >= 0.6 is 0 Å². The molecule has 4 unspecified atom stereocenters. The Labute approximate surface area is 233 Å². The van der Waals surface area contributed by atoms with E-state index in [-0.39, 0.29) is 17.4 Å². The number of hydrogen-bond donors (Lipinski definition) is 1. The monoisotopic (exact) mass is 537 g/mol. The van der Waals surface area contributed by atoms with Gasteiger partial charge in [-0.3, -0.25) is 4.98 Å². The number of nitrogens with zero attached hydrogens (tertiary/aromatic N) is 2. The van der Waals surface area contributed by atoms with Crippen LogP contribution in [0.15, 0.2) is 48.7 Å². The molecule has 3 aliphatic rings. The molecule has 7 rings (SSSR count). The molecular weight excluding hydrogens is 496 g/mol. The number of rotatable bonds is 7. The number of aliphatic hydroxyl groups is 1. The average molecular weight is 538 g/mol. The smallest absolute Gasteiger partial charge is 0.244 e. The minimum atomic E-state index is -1.61. The minimum Gasteiger partial charge on any atom is -0.360 e. The summed E-state index contributed by atoms with van der Waals surface area (Å²) in [5.74, 6) is -0.856. The highest BCUT2D eigenvalue weighted by atomic mass is 28.3. The van der Waals surface area contributed by atoms with Gasteiger partial charge < -0.3 is 9.84 Å². The molecule has 3 heterocycles. The predicted octanol–water partition coefficient (Wildman–Crippen LogP) is 6.61. The molecule has 2 aromatic carbocycles. The SMILES string of the molecule is CCC(C)[C@@](C)(CC)COC1(O)C2c3cnc4cccc5c4c3-c3c(cc4c([Si](C)(C)C)cccc4[n+]3C21)C5. The van der Waals surface area contributed by atoms with Gasteiger partial charge in [-0.05, 0) is 40.6 Å². The van der Waals surface area contributed by atoms with Gasteiger partial charge in [0.25, 0.3) is 0 Å². The van der Waals surface area contributed by atoms with E-state index in [0.717, 1.165) is 30.3 Å². The molecule has 0 amide bonds. The lowest BCUT2D eigenvalue weighted by Gasteiger charge is -2.35. The Morgan fingerprint density at radius 2 is 1.92 bits per heavy atom. The first-order valence-corrected chi connectivity index (χ1v) is 18.3. The maximum absolute atomic E-state index is 12.4. The van der Waals surface area contributed by atoms with Crippen LogP contribution in [0, 0.1) is 11.3 Å². The number of benzene rings is 2. The normalized spacial score (nSPS) is 24.9. The molecule has 4 aromatic rings. The summed E-state index contributed by atoms with van der Waals surface area (Å²) >= 11 is 0. The van der Waals surface area contributed by atoms with Gasteiger partial charge >= 0.3 is 0 Å². The van der Waals surface area contributed by atoms with Crippen molar-refractivity contribution in [1.29, 1.82) is 0 Å². The summed E-state index contributed by atoms with van der Waals surface area (Å²) in [7, 11) is -1.61. The van der Waals surface area contributed by atoms with E-state index in [9.17, 15) is 5.11 Å². The van der Waals surface area contributed by atoms with Crippen LogP contribution < -0.4 is 9.75 Å². The molecule has 1 aliphatic heterocycles. The van der Waals surface area contributed by atoms with Gasteiger partial charge in [0, 0.05) is 40.6 Å². The first-order chi connectivity index (χ1) is 18.5. The van der Waals surface area contributed by atoms with Gasteiger partial charge in [-0.15, -0.1) is 0 Å². The molecule has 1 saturated carbocycles. The molecule has 202 valence electrons. The predicted molar refractivity (Wildman–Crippen MR) is 161 cm³/mol. The van der Waals surface area contributed by atoms with Gasteiger partial charge in [-0.25, -0.2) is 0 Å². The first kappa shape index (κ1) is 25.4. The molecule has 0 bridgehead atoms. The van der Waals surface area contributed by atoms with Crippen LogP contribution in [0.25, 0.3) is 33.1 Å². The van der Waals surface area contributed by atoms with Crippen LogP contribution in [0.4, 0.5) is 0 Å². The van der Waals surface area contributed by atoms with Crippen LogP contribution in [0.5, 0.6) is 0 Å². The van der Waals surface area contributed by atoms with Crippen molar-refractivity contribution in [2.24, 2.45) is 11.3 Å². The average Bonchev–Trinajstić information content (AvgIpc) is 3.55. The fourth-order valence-electron chi connectivity index (χ4n) is 7.57. The summed E-state index contributed by atoms with van der Waals surface area (Å²) in [6.45, 7) is 17.0. The molecule has 4 nitrogen and oxygen atoms in total. The van der Waals surface area contributed by atoms with Crippen molar-refractivity contribution < 1.29 is 14.4 Å². The quantitative estimate of drug-likeness (QED) is 0.144. The summed E-state index contributed by atoms with van der Waals surface area (Å²) in [6.07, 6.45) is 5.04. The van der Waals surface area contributed by atoms with Crippen molar-refractivity contribution >= 4 is 35.1 Å². The third kappa shape index (κ3) is 3.36. The maximum Gasteiger partial charge on any atom is 0.244 e. The Morgan fingerprint density at radius 1 is 1.15 bits per heavy atom. The summed E-state index contributed by atoms with van der Waals surface area (Å²) in [5, 5.41) is 16.5. The van der Waals surface area contributed by atoms with Crippen molar-refractivity contribution in [1.82, 2.24) is 4.98 Å². The van der Waals surface area contributed by atoms with Gasteiger partial charge in [0.1, 0.15) is 5.92 Å². The van der Waals surface area contributed by atoms with Gasteiger partial charge in [-0.1, -0.05) is 78.0 Å². The van der Waals surface area contributed by atoms with E-state index in [1.54, 1.807) is 0 Å². The number of hydrogen-bond acceptors (Lipinski definition) is 3. The first-order valence-electron chi connectivity index (χ1n) is 14.8. The highest BCUT2D eigenvalue weighted by molar-refractivity contribution is 6.90. The molecule has 2 aromatic heterocycles. The van der Waals surface area contributed by atoms with Crippen molar-refractivity contribution in [3.8, 4) is 11.3 Å². The number of pyridine rings is 2. The number of ether oxygens (including phenoxy) is 1. The van der Waals surface area contributed by atoms with Gasteiger partial charge in [0.15, 0.2) is 0 Å². The summed E-state index contributed by atoms with van der Waals surface area (Å²) < 4.78 is 9.19. The summed E-state index contributed by atoms with van der Waals surface area (Å²) in [6, 6.07) is 15.6. The van der Waals surface area contributed by atoms with Crippen LogP contribution in [0.3, 0.4) is 0 Å². The van der Waals surface area contributed by atoms with E-state index >= 15 is 0 Å². The zero-order chi connectivity index (χ0) is 27.5. The Kier molecular flexibility index (Phi) is 5.34. The number of aromatic nitrogens is 2. The fourth-order valence-corrected chi connectivity index (χ4v) is 9.17. The largest absolute Gasteiger partial charge is 0.360 e. The zero-order valence-corrected chi connectivity index (χ0v) is 25.4. The minimum absolute atomic E-state index is 0.0181. The van der Waals surface area contributed by atoms with Crippen molar-refractivity contribution in [2.45, 2.75) is 84.3 Å². The highest BCUT2D eigenvalue weighted by Crippen LogP contribution is 2.65. The molecule has 5 atom stereocenters. The second-order valence-corrected chi connectivity index (χ2v) is 18.8. The van der Waals surface area contributed by atoms with Crippen molar-refractivity contribution in [2.75, 3.05) is 6.61 Å². The van der Waals surface area contributed by atoms with Crippen LogP contribution in [0.2, 0.25) is 19.6 Å². The van der Waals surface area contributed by atoms with E-state index in [0.29, 0.717) is 12.5 Å². The van der Waals surface area contributed by atoms with E-state index in [1.807, 2.05) is 6.20 Å². The second-order valence-electron chi connectivity index (χ2n) is 13.7. The lowest BCUT2D eigenvalue weighted by Crippen LogP contribution is -2.46. The van der Waals surface area contributed by atoms with Gasteiger partial charge in [-0.2, -0.15) is 4.57 Å². The molecule has 39 heavy (non-hydrogen) atoms. The Hall–Kier alpha value is -2.60. The van der Waals surface area contributed by atoms with Crippen molar-refractivity contribution in [3.63, 3.8) is 0 Å². The molecule has 0 radical (unpaired) electrons. The lowest BCUT2D eigenvalue weighted by atomic mass is 9.75. The van der Waals surface area contributed by atoms with E-state index in [2.05, 4.69) is 94.4 Å². The Morgan fingerprint density at radius 3 is 2.64 bits per heavy atom. The number of fused-ring (bicyclic) bond motifs is 5. The Bertz CT molecular complexity index is 1670. The fraction of sp³-hybridized carbons (Fsp3) is 0.471. The third-order valence-electron chi connectivity index (χ3n) is 10.6. The van der Waals surface area contributed by atoms with Crippen LogP contribution in [-0.2, 0) is 11.2 Å². The maximum atomic E-state index is 12.4. The standard InChI is InChI=1S/C34H41N2O2Si/c1-8-20(3)33(4,9-2)19-38-34(37)30-24-18-35-25-13-10-12-21-16-22-17-23-26(14-11-15-27(23)39(5,6)7)36(32(30)34)31(22)29(24)28(21)25/h10-15,17-18,20,30,32,37H,8-9,16,19H2,1-7H3/q+1/t20?,30?,32?,33-,34?/m0/s1. The summed E-state index contributed by atoms with van der Waals surface area (Å²) in [5.41, 5.74) is 8.63. The third-order valence-corrected chi connectivity index (χ3v) is 12.6. The molecule has 1 N–H and O–H groups in total. The molecule has 2 aliphatic carbocycles. The van der Waals surface area contributed by atoms with Gasteiger partial charge in [0.2, 0.25) is 23.0 Å². The molecular formula is C34H41N2O2Si+. The van der Waals surface area contributed by atoms with Crippen LogP contribution in [-0.4, -0.2) is 30.6 Å².